The van der Waals surface area contributed by atoms with Crippen LogP contribution in [0.5, 0.6) is 0 Å². The largest absolute Gasteiger partial charge is 0.391 e. The van der Waals surface area contributed by atoms with Gasteiger partial charge in [0.1, 0.15) is 17.3 Å². The van der Waals surface area contributed by atoms with Crippen LogP contribution in [0.1, 0.15) is 30.1 Å². The van der Waals surface area contributed by atoms with Gasteiger partial charge in [0.2, 0.25) is 0 Å². The average molecular weight is 284 g/mol. The Labute approximate surface area is 116 Å². The summed E-state index contributed by atoms with van der Waals surface area (Å²) < 4.78 is 27.6. The van der Waals surface area contributed by atoms with Crippen LogP contribution >= 0.6 is 0 Å². The van der Waals surface area contributed by atoms with E-state index in [2.05, 4.69) is 5.32 Å². The third kappa shape index (κ3) is 3.07. The lowest BCUT2D eigenvalue weighted by molar-refractivity contribution is 0.0473. The van der Waals surface area contributed by atoms with E-state index < -0.39 is 23.6 Å². The van der Waals surface area contributed by atoms with Gasteiger partial charge in [-0.05, 0) is 31.9 Å². The molecule has 2 N–H and O–H groups in total. The van der Waals surface area contributed by atoms with E-state index >= 15 is 0 Å². The average Bonchev–Trinajstić information content (AvgIpc) is 2.42. The quantitative estimate of drug-likeness (QED) is 0.892. The van der Waals surface area contributed by atoms with Gasteiger partial charge in [0.25, 0.3) is 5.91 Å². The Bertz CT molecular complexity index is 485. The van der Waals surface area contributed by atoms with E-state index in [9.17, 15) is 18.7 Å². The van der Waals surface area contributed by atoms with Crippen LogP contribution in [0.2, 0.25) is 0 Å². The minimum atomic E-state index is -0.784. The van der Waals surface area contributed by atoms with Crippen molar-refractivity contribution in [3.05, 3.63) is 29.3 Å². The Hall–Kier alpha value is -1.69. The van der Waals surface area contributed by atoms with Crippen molar-refractivity contribution in [2.75, 3.05) is 25.0 Å². The summed E-state index contributed by atoms with van der Waals surface area (Å²) in [6, 6.07) is 2.06. The number of hydrogen-bond acceptors (Lipinski definition) is 3. The molecule has 1 aromatic rings. The normalized spacial score (nSPS) is 19.0. The van der Waals surface area contributed by atoms with Crippen LogP contribution < -0.4 is 5.32 Å². The summed E-state index contributed by atoms with van der Waals surface area (Å²) in [5.41, 5.74) is -0.251. The van der Waals surface area contributed by atoms with E-state index in [4.69, 9.17) is 0 Å². The topological polar surface area (TPSA) is 52.6 Å². The van der Waals surface area contributed by atoms with E-state index in [1.807, 2.05) is 0 Å². The summed E-state index contributed by atoms with van der Waals surface area (Å²) in [6.07, 6.45) is 0.766. The fraction of sp³-hybridized carbons (Fsp3) is 0.500. The minimum Gasteiger partial charge on any atom is -0.391 e. The Balaban J connectivity index is 2.22. The maximum atomic E-state index is 13.8. The maximum absolute atomic E-state index is 13.8. The van der Waals surface area contributed by atoms with Crippen LogP contribution in [-0.2, 0) is 0 Å². The second-order valence-electron chi connectivity index (χ2n) is 4.89. The van der Waals surface area contributed by atoms with Crippen molar-refractivity contribution in [2.24, 2.45) is 0 Å². The zero-order valence-electron chi connectivity index (χ0n) is 11.3. The molecule has 1 aromatic carbocycles. The number of halogens is 2. The predicted molar refractivity (Wildman–Crippen MR) is 71.7 cm³/mol. The standard InChI is InChI=1S/C14H18F2N2O2/c1-2-17-13-11(15)6-9(7-12(13)16)14(20)18-5-3-4-10(19)8-18/h6-7,10,17,19H,2-5,8H2,1H3. The van der Waals surface area contributed by atoms with Crippen LogP contribution in [0.3, 0.4) is 0 Å². The zero-order valence-corrected chi connectivity index (χ0v) is 11.3. The summed E-state index contributed by atoms with van der Waals surface area (Å²) in [5, 5.41) is 12.1. The number of carbonyl (C=O) groups is 1. The zero-order chi connectivity index (χ0) is 14.7. The van der Waals surface area contributed by atoms with Gasteiger partial charge in [-0.15, -0.1) is 0 Å². The van der Waals surface area contributed by atoms with Crippen LogP contribution in [-0.4, -0.2) is 41.7 Å². The van der Waals surface area contributed by atoms with Crippen molar-refractivity contribution in [3.63, 3.8) is 0 Å². The van der Waals surface area contributed by atoms with Crippen LogP contribution in [0, 0.1) is 11.6 Å². The number of rotatable bonds is 3. The molecule has 1 aliphatic rings. The Kier molecular flexibility index (Phi) is 4.54. The summed E-state index contributed by atoms with van der Waals surface area (Å²) in [6.45, 7) is 2.82. The van der Waals surface area contributed by atoms with Gasteiger partial charge in [0, 0.05) is 25.2 Å². The number of β-amino-alcohol motifs (C(OH)–C–C–N with tert-alkyl or cyclic N) is 1. The molecule has 1 amide bonds. The number of benzene rings is 1. The van der Waals surface area contributed by atoms with Gasteiger partial charge in [-0.25, -0.2) is 8.78 Å². The van der Waals surface area contributed by atoms with Gasteiger partial charge in [-0.2, -0.15) is 0 Å². The minimum absolute atomic E-state index is 0.0317. The van der Waals surface area contributed by atoms with Crippen molar-refractivity contribution < 1.29 is 18.7 Å². The van der Waals surface area contributed by atoms with Crippen molar-refractivity contribution in [1.29, 1.82) is 0 Å². The second-order valence-corrected chi connectivity index (χ2v) is 4.89. The first kappa shape index (κ1) is 14.7. The number of anilines is 1. The van der Waals surface area contributed by atoms with Gasteiger partial charge in [0.15, 0.2) is 0 Å². The summed E-state index contributed by atoms with van der Waals surface area (Å²) in [5.74, 6) is -2.02. The molecule has 0 radical (unpaired) electrons. The lowest BCUT2D eigenvalue weighted by atomic mass is 10.1. The molecule has 4 nitrogen and oxygen atoms in total. The number of aliphatic hydroxyl groups is 1. The van der Waals surface area contributed by atoms with Crippen LogP contribution in [0.15, 0.2) is 12.1 Å². The molecule has 20 heavy (non-hydrogen) atoms. The highest BCUT2D eigenvalue weighted by atomic mass is 19.1. The number of nitrogens with one attached hydrogen (secondary N) is 1. The number of aliphatic hydroxyl groups excluding tert-OH is 1. The molecule has 1 heterocycles. The third-order valence-corrected chi connectivity index (χ3v) is 3.33. The van der Waals surface area contributed by atoms with E-state index in [0.717, 1.165) is 12.1 Å². The number of hydrogen-bond donors (Lipinski definition) is 2. The highest BCUT2D eigenvalue weighted by Gasteiger charge is 2.24. The van der Waals surface area contributed by atoms with Gasteiger partial charge in [-0.1, -0.05) is 0 Å². The van der Waals surface area contributed by atoms with Crippen molar-refractivity contribution in [2.45, 2.75) is 25.9 Å². The molecular weight excluding hydrogens is 266 g/mol. The molecule has 0 aromatic heterocycles. The van der Waals surface area contributed by atoms with Gasteiger partial charge in [-0.3, -0.25) is 4.79 Å². The van der Waals surface area contributed by atoms with Crippen LogP contribution in [0.4, 0.5) is 14.5 Å². The van der Waals surface area contributed by atoms with Gasteiger partial charge < -0.3 is 15.3 Å². The molecule has 1 atom stereocenters. The first-order chi connectivity index (χ1) is 9.52. The SMILES string of the molecule is CCNc1c(F)cc(C(=O)N2CCCC(O)C2)cc1F. The first-order valence-corrected chi connectivity index (χ1v) is 6.73. The van der Waals surface area contributed by atoms with E-state index in [0.29, 0.717) is 25.9 Å². The molecule has 1 saturated heterocycles. The van der Waals surface area contributed by atoms with Crippen LogP contribution in [0.25, 0.3) is 0 Å². The Morgan fingerprint density at radius 3 is 2.65 bits per heavy atom. The Morgan fingerprint density at radius 2 is 2.10 bits per heavy atom. The van der Waals surface area contributed by atoms with Crippen molar-refractivity contribution >= 4 is 11.6 Å². The molecule has 0 aliphatic carbocycles. The predicted octanol–water partition coefficient (Wildman–Crippen LogP) is 1.99. The second kappa shape index (κ2) is 6.17. The molecule has 0 saturated carbocycles. The molecule has 110 valence electrons. The molecule has 0 spiro atoms. The maximum Gasteiger partial charge on any atom is 0.254 e. The van der Waals surface area contributed by atoms with Gasteiger partial charge >= 0.3 is 0 Å². The summed E-state index contributed by atoms with van der Waals surface area (Å²) in [7, 11) is 0. The monoisotopic (exact) mass is 284 g/mol. The first-order valence-electron chi connectivity index (χ1n) is 6.73. The highest BCUT2D eigenvalue weighted by Crippen LogP contribution is 2.22. The third-order valence-electron chi connectivity index (χ3n) is 3.33. The number of amides is 1. The number of piperidine rings is 1. The van der Waals surface area contributed by atoms with Crippen molar-refractivity contribution in [1.82, 2.24) is 4.90 Å². The van der Waals surface area contributed by atoms with E-state index in [1.54, 1.807) is 6.92 Å². The fourth-order valence-corrected chi connectivity index (χ4v) is 2.36. The molecule has 1 aliphatic heterocycles. The number of carbonyl (C=O) groups excluding carboxylic acids is 1. The van der Waals surface area contributed by atoms with E-state index in [1.165, 1.54) is 4.90 Å². The molecule has 0 bridgehead atoms. The fourth-order valence-electron chi connectivity index (χ4n) is 2.36. The molecular formula is C14H18F2N2O2. The van der Waals surface area contributed by atoms with E-state index in [-0.39, 0.29) is 17.8 Å². The highest BCUT2D eigenvalue weighted by molar-refractivity contribution is 5.94. The molecule has 2 rings (SSSR count). The number of nitrogens with zero attached hydrogens (tertiary/aromatic N) is 1. The van der Waals surface area contributed by atoms with Gasteiger partial charge in [0.05, 0.1) is 6.10 Å². The molecule has 1 unspecified atom stereocenters. The lowest BCUT2D eigenvalue weighted by Gasteiger charge is -2.30. The molecule has 6 heteroatoms. The summed E-state index contributed by atoms with van der Waals surface area (Å²) >= 11 is 0. The smallest absolute Gasteiger partial charge is 0.254 e. The molecule has 1 fully saturated rings. The Morgan fingerprint density at radius 1 is 1.45 bits per heavy atom. The summed E-state index contributed by atoms with van der Waals surface area (Å²) in [4.78, 5) is 13.6. The number of likely N-dealkylation sites (tertiary alicyclic amines) is 1. The lowest BCUT2D eigenvalue weighted by Crippen LogP contribution is -2.42. The van der Waals surface area contributed by atoms with Crippen molar-refractivity contribution in [3.8, 4) is 0 Å².